The SMILES string of the molecule is CCCn1cc(C(=O)n2nc(C)cc2C)c(S(=O)(=O)N2CCN(c3ccc(Cl)cc3)CC2)n1. The summed E-state index contributed by atoms with van der Waals surface area (Å²) in [7, 11) is -3.97. The number of carbonyl (C=O) groups is 1. The molecule has 11 heteroatoms. The third kappa shape index (κ3) is 4.68. The number of aryl methyl sites for hydroxylation is 3. The van der Waals surface area contributed by atoms with Gasteiger partial charge in [-0.2, -0.15) is 14.5 Å². The Hall–Kier alpha value is -2.69. The Morgan fingerprint density at radius 1 is 1.06 bits per heavy atom. The minimum Gasteiger partial charge on any atom is -0.369 e. The minimum absolute atomic E-state index is 0.0368. The first-order valence-corrected chi connectivity index (χ1v) is 12.7. The van der Waals surface area contributed by atoms with Crippen molar-refractivity contribution in [2.45, 2.75) is 38.8 Å². The molecule has 1 aliphatic rings. The number of benzene rings is 1. The molecule has 0 unspecified atom stereocenters. The van der Waals surface area contributed by atoms with Gasteiger partial charge in [-0.3, -0.25) is 9.48 Å². The van der Waals surface area contributed by atoms with Gasteiger partial charge in [0.05, 0.1) is 5.69 Å². The second-order valence-electron chi connectivity index (χ2n) is 8.12. The largest absolute Gasteiger partial charge is 0.369 e. The van der Waals surface area contributed by atoms with Crippen LogP contribution in [0.15, 0.2) is 41.6 Å². The lowest BCUT2D eigenvalue weighted by atomic mass is 10.2. The van der Waals surface area contributed by atoms with Gasteiger partial charge in [0.1, 0.15) is 5.56 Å². The molecule has 2 aromatic heterocycles. The monoisotopic (exact) mass is 490 g/mol. The molecule has 1 aliphatic heterocycles. The topological polar surface area (TPSA) is 93.3 Å². The normalized spacial score (nSPS) is 15.2. The molecule has 176 valence electrons. The summed E-state index contributed by atoms with van der Waals surface area (Å²) in [5.41, 5.74) is 2.35. The van der Waals surface area contributed by atoms with E-state index in [9.17, 15) is 13.2 Å². The summed E-state index contributed by atoms with van der Waals surface area (Å²) in [6.45, 7) is 7.66. The van der Waals surface area contributed by atoms with Crippen LogP contribution >= 0.6 is 11.6 Å². The summed E-state index contributed by atoms with van der Waals surface area (Å²) in [6, 6.07) is 9.25. The van der Waals surface area contributed by atoms with E-state index in [0.717, 1.165) is 12.1 Å². The van der Waals surface area contributed by atoms with E-state index >= 15 is 0 Å². The number of nitrogens with zero attached hydrogens (tertiary/aromatic N) is 6. The van der Waals surface area contributed by atoms with Crippen LogP contribution in [0.1, 0.15) is 35.1 Å². The number of hydrogen-bond acceptors (Lipinski definition) is 6. The zero-order valence-corrected chi connectivity index (χ0v) is 20.5. The Bertz CT molecular complexity index is 1260. The van der Waals surface area contributed by atoms with Gasteiger partial charge in [0.15, 0.2) is 0 Å². The number of piperazine rings is 1. The lowest BCUT2D eigenvalue weighted by Crippen LogP contribution is -2.49. The zero-order valence-electron chi connectivity index (χ0n) is 18.9. The van der Waals surface area contributed by atoms with E-state index in [0.29, 0.717) is 49.1 Å². The zero-order chi connectivity index (χ0) is 23.8. The van der Waals surface area contributed by atoms with Crippen molar-refractivity contribution in [2.24, 2.45) is 0 Å². The molecule has 3 aromatic rings. The second kappa shape index (κ2) is 9.28. The molecule has 1 aromatic carbocycles. The molecule has 0 amide bonds. The first-order chi connectivity index (χ1) is 15.7. The highest BCUT2D eigenvalue weighted by Crippen LogP contribution is 2.24. The van der Waals surface area contributed by atoms with Gasteiger partial charge in [0.2, 0.25) is 5.03 Å². The molecule has 0 saturated carbocycles. The first-order valence-electron chi connectivity index (χ1n) is 10.9. The fourth-order valence-corrected chi connectivity index (χ4v) is 5.63. The van der Waals surface area contributed by atoms with Gasteiger partial charge < -0.3 is 4.90 Å². The number of carbonyl (C=O) groups excluding carboxylic acids is 1. The number of rotatable bonds is 6. The minimum atomic E-state index is -3.97. The van der Waals surface area contributed by atoms with Crippen molar-refractivity contribution in [1.82, 2.24) is 23.9 Å². The van der Waals surface area contributed by atoms with Gasteiger partial charge in [-0.05, 0) is 50.6 Å². The average molecular weight is 491 g/mol. The molecule has 0 N–H and O–H groups in total. The summed E-state index contributed by atoms with van der Waals surface area (Å²) < 4.78 is 31.3. The van der Waals surface area contributed by atoms with Crippen LogP contribution in [0, 0.1) is 13.8 Å². The Morgan fingerprint density at radius 3 is 2.30 bits per heavy atom. The summed E-state index contributed by atoms with van der Waals surface area (Å²) in [5, 5.41) is 8.99. The van der Waals surface area contributed by atoms with Crippen molar-refractivity contribution in [3.05, 3.63) is 58.5 Å². The number of anilines is 1. The van der Waals surface area contributed by atoms with Crippen molar-refractivity contribution in [3.8, 4) is 0 Å². The molecule has 0 spiro atoms. The maximum atomic E-state index is 13.6. The smallest absolute Gasteiger partial charge is 0.283 e. The van der Waals surface area contributed by atoms with E-state index in [1.807, 2.05) is 31.2 Å². The third-order valence-corrected chi connectivity index (χ3v) is 7.71. The quantitative estimate of drug-likeness (QED) is 0.527. The molecule has 0 atom stereocenters. The highest BCUT2D eigenvalue weighted by atomic mass is 35.5. The molecule has 33 heavy (non-hydrogen) atoms. The first kappa shape index (κ1) is 23.5. The molecule has 0 radical (unpaired) electrons. The van der Waals surface area contributed by atoms with Crippen LogP contribution < -0.4 is 4.90 Å². The van der Waals surface area contributed by atoms with Crippen LogP contribution in [0.25, 0.3) is 0 Å². The Labute approximate surface area is 198 Å². The predicted octanol–water partition coefficient (Wildman–Crippen LogP) is 2.96. The Balaban J connectivity index is 1.61. The van der Waals surface area contributed by atoms with Crippen molar-refractivity contribution < 1.29 is 13.2 Å². The van der Waals surface area contributed by atoms with E-state index in [4.69, 9.17) is 11.6 Å². The number of halogens is 1. The van der Waals surface area contributed by atoms with Gasteiger partial charge in [0.25, 0.3) is 15.9 Å². The molecule has 0 aliphatic carbocycles. The number of sulfonamides is 1. The molecule has 1 fully saturated rings. The standard InChI is InChI=1S/C22H27ClN6O3S/c1-4-9-27-15-20(22(30)29-17(3)14-16(2)24-29)21(25-27)33(31,32)28-12-10-26(11-13-28)19-7-5-18(23)6-8-19/h5-8,14-15H,4,9-13H2,1-3H3. The van der Waals surface area contributed by atoms with Crippen molar-refractivity contribution >= 4 is 33.2 Å². The van der Waals surface area contributed by atoms with Crippen LogP contribution in [0.4, 0.5) is 5.69 Å². The van der Waals surface area contributed by atoms with E-state index in [-0.39, 0.29) is 10.6 Å². The van der Waals surface area contributed by atoms with E-state index in [1.54, 1.807) is 19.9 Å². The Kier molecular flexibility index (Phi) is 6.60. The number of hydrogen-bond donors (Lipinski definition) is 0. The molecular weight excluding hydrogens is 464 g/mol. The molecule has 0 bridgehead atoms. The van der Waals surface area contributed by atoms with E-state index < -0.39 is 15.9 Å². The average Bonchev–Trinajstić information content (AvgIpc) is 3.37. The highest BCUT2D eigenvalue weighted by molar-refractivity contribution is 7.89. The predicted molar refractivity (Wildman–Crippen MR) is 126 cm³/mol. The van der Waals surface area contributed by atoms with Crippen LogP contribution in [-0.4, -0.2) is 64.4 Å². The van der Waals surface area contributed by atoms with Gasteiger partial charge in [-0.15, -0.1) is 0 Å². The molecule has 9 nitrogen and oxygen atoms in total. The van der Waals surface area contributed by atoms with Crippen LogP contribution in [0.5, 0.6) is 0 Å². The molecule has 1 saturated heterocycles. The lowest BCUT2D eigenvalue weighted by Gasteiger charge is -2.35. The molecule has 4 rings (SSSR count). The third-order valence-electron chi connectivity index (χ3n) is 5.63. The second-order valence-corrected chi connectivity index (χ2v) is 10.4. The maximum Gasteiger partial charge on any atom is 0.283 e. The van der Waals surface area contributed by atoms with Crippen molar-refractivity contribution in [1.29, 1.82) is 0 Å². The number of aromatic nitrogens is 4. The van der Waals surface area contributed by atoms with Gasteiger partial charge in [-0.1, -0.05) is 18.5 Å². The van der Waals surface area contributed by atoms with Crippen LogP contribution in [-0.2, 0) is 16.6 Å². The fraction of sp³-hybridized carbons (Fsp3) is 0.409. The summed E-state index contributed by atoms with van der Waals surface area (Å²) in [5.74, 6) is -0.499. The molecule has 3 heterocycles. The molecular formula is C22H27ClN6O3S. The van der Waals surface area contributed by atoms with Crippen molar-refractivity contribution in [2.75, 3.05) is 31.1 Å². The lowest BCUT2D eigenvalue weighted by molar-refractivity contribution is 0.0938. The van der Waals surface area contributed by atoms with Gasteiger partial charge >= 0.3 is 0 Å². The van der Waals surface area contributed by atoms with E-state index in [2.05, 4.69) is 15.1 Å². The van der Waals surface area contributed by atoms with Gasteiger partial charge in [-0.25, -0.2) is 13.1 Å². The fourth-order valence-electron chi connectivity index (χ4n) is 3.99. The van der Waals surface area contributed by atoms with Gasteiger partial charge in [0, 0.05) is 55.3 Å². The highest BCUT2D eigenvalue weighted by Gasteiger charge is 2.35. The summed E-state index contributed by atoms with van der Waals surface area (Å²) in [4.78, 5) is 15.4. The van der Waals surface area contributed by atoms with Crippen LogP contribution in [0.2, 0.25) is 5.02 Å². The Morgan fingerprint density at radius 2 is 1.73 bits per heavy atom. The summed E-state index contributed by atoms with van der Waals surface area (Å²) >= 11 is 5.97. The van der Waals surface area contributed by atoms with Crippen LogP contribution in [0.3, 0.4) is 0 Å². The van der Waals surface area contributed by atoms with E-state index in [1.165, 1.54) is 19.9 Å². The summed E-state index contributed by atoms with van der Waals surface area (Å²) in [6.07, 6.45) is 2.27. The van der Waals surface area contributed by atoms with Crippen molar-refractivity contribution in [3.63, 3.8) is 0 Å². The maximum absolute atomic E-state index is 13.6.